The second-order valence-corrected chi connectivity index (χ2v) is 5.78. The van der Waals surface area contributed by atoms with E-state index in [0.717, 1.165) is 37.9 Å². The van der Waals surface area contributed by atoms with E-state index in [1.54, 1.807) is 0 Å². The number of carbonyl (C=O) groups is 2. The molecule has 0 aromatic heterocycles. The van der Waals surface area contributed by atoms with Crippen LogP contribution in [0.15, 0.2) is 18.2 Å². The minimum absolute atomic E-state index is 0.0808. The molecule has 5 nitrogen and oxygen atoms in total. The molecule has 0 bridgehead atoms. The van der Waals surface area contributed by atoms with Gasteiger partial charge in [0, 0.05) is 37.2 Å². The van der Waals surface area contributed by atoms with E-state index < -0.39 is 11.6 Å². The van der Waals surface area contributed by atoms with E-state index in [1.807, 2.05) is 0 Å². The molecule has 3 N–H and O–H groups in total. The fourth-order valence-corrected chi connectivity index (χ4v) is 2.86. The highest BCUT2D eigenvalue weighted by Gasteiger charge is 2.24. The molecule has 126 valence electrons. The molecule has 0 aliphatic carbocycles. The van der Waals surface area contributed by atoms with Gasteiger partial charge < -0.3 is 11.1 Å². The number of halogens is 2. The number of nitrogens with zero attached hydrogens (tertiary/aromatic N) is 1. The van der Waals surface area contributed by atoms with Crippen LogP contribution in [0, 0.1) is 11.6 Å². The fourth-order valence-electron chi connectivity index (χ4n) is 2.86. The van der Waals surface area contributed by atoms with E-state index in [9.17, 15) is 18.4 Å². The molecule has 0 radical (unpaired) electrons. The van der Waals surface area contributed by atoms with Crippen molar-refractivity contribution >= 4 is 17.5 Å². The highest BCUT2D eigenvalue weighted by atomic mass is 19.2. The lowest BCUT2D eigenvalue weighted by Crippen LogP contribution is -2.43. The molecule has 23 heavy (non-hydrogen) atoms. The highest BCUT2D eigenvalue weighted by molar-refractivity contribution is 5.90. The molecule has 0 saturated carbocycles. The number of carbonyl (C=O) groups excluding carboxylic acids is 2. The lowest BCUT2D eigenvalue weighted by Gasteiger charge is -2.34. The lowest BCUT2D eigenvalue weighted by atomic mass is 9.99. The fraction of sp³-hybridized carbons (Fsp3) is 0.500. The van der Waals surface area contributed by atoms with Gasteiger partial charge in [-0.25, -0.2) is 8.78 Å². The van der Waals surface area contributed by atoms with Crippen molar-refractivity contribution in [2.24, 2.45) is 5.73 Å². The van der Waals surface area contributed by atoms with Crippen LogP contribution in [0.4, 0.5) is 14.5 Å². The Kier molecular flexibility index (Phi) is 6.04. The van der Waals surface area contributed by atoms with Gasteiger partial charge in [-0.15, -0.1) is 0 Å². The topological polar surface area (TPSA) is 75.4 Å². The van der Waals surface area contributed by atoms with Crippen LogP contribution in [0.1, 0.15) is 32.1 Å². The summed E-state index contributed by atoms with van der Waals surface area (Å²) in [5.74, 6) is -2.57. The number of hydrogen-bond donors (Lipinski definition) is 2. The summed E-state index contributed by atoms with van der Waals surface area (Å²) in [4.78, 5) is 25.1. The molecule has 7 heteroatoms. The second kappa shape index (κ2) is 8.01. The normalized spacial score (nSPS) is 18.6. The van der Waals surface area contributed by atoms with E-state index in [4.69, 9.17) is 5.73 Å². The molecule has 1 aliphatic rings. The first kappa shape index (κ1) is 17.3. The van der Waals surface area contributed by atoms with Crippen LogP contribution in [0.3, 0.4) is 0 Å². The van der Waals surface area contributed by atoms with Crippen molar-refractivity contribution < 1.29 is 18.4 Å². The zero-order chi connectivity index (χ0) is 16.8. The maximum atomic E-state index is 13.1. The largest absolute Gasteiger partial charge is 0.370 e. The van der Waals surface area contributed by atoms with Crippen LogP contribution < -0.4 is 11.1 Å². The van der Waals surface area contributed by atoms with Gasteiger partial charge in [-0.05, 0) is 31.5 Å². The highest BCUT2D eigenvalue weighted by Crippen LogP contribution is 2.20. The van der Waals surface area contributed by atoms with Gasteiger partial charge in [0.25, 0.3) is 0 Å². The van der Waals surface area contributed by atoms with Gasteiger partial charge in [0.2, 0.25) is 11.8 Å². The Hall–Kier alpha value is -2.02. The van der Waals surface area contributed by atoms with Crippen molar-refractivity contribution in [2.75, 3.05) is 18.4 Å². The molecule has 2 amide bonds. The Morgan fingerprint density at radius 2 is 2.04 bits per heavy atom. The molecular weight excluding hydrogens is 304 g/mol. The van der Waals surface area contributed by atoms with Crippen molar-refractivity contribution in [1.29, 1.82) is 0 Å². The first-order valence-electron chi connectivity index (χ1n) is 7.73. The number of likely N-dealkylation sites (tertiary alicyclic amines) is 1. The average molecular weight is 325 g/mol. The summed E-state index contributed by atoms with van der Waals surface area (Å²) < 4.78 is 25.9. The maximum absolute atomic E-state index is 13.1. The Morgan fingerprint density at radius 3 is 2.74 bits per heavy atom. The third-order valence-electron chi connectivity index (χ3n) is 4.02. The number of hydrogen-bond acceptors (Lipinski definition) is 3. The Balaban J connectivity index is 1.84. The molecule has 1 unspecified atom stereocenters. The molecule has 1 atom stereocenters. The number of amides is 2. The molecule has 1 aromatic rings. The summed E-state index contributed by atoms with van der Waals surface area (Å²) in [7, 11) is 0. The molecule has 2 rings (SSSR count). The number of nitrogens with one attached hydrogen (secondary N) is 1. The number of benzene rings is 1. The van der Waals surface area contributed by atoms with E-state index in [0.29, 0.717) is 13.0 Å². The summed E-state index contributed by atoms with van der Waals surface area (Å²) in [6, 6.07) is 3.31. The first-order valence-corrected chi connectivity index (χ1v) is 7.73. The molecule has 1 saturated heterocycles. The third-order valence-corrected chi connectivity index (χ3v) is 4.02. The predicted octanol–water partition coefficient (Wildman–Crippen LogP) is 2.02. The first-order chi connectivity index (χ1) is 11.0. The van der Waals surface area contributed by atoms with Gasteiger partial charge in [-0.1, -0.05) is 6.42 Å². The van der Waals surface area contributed by atoms with E-state index in [-0.39, 0.29) is 30.0 Å². The summed E-state index contributed by atoms with van der Waals surface area (Å²) in [5.41, 5.74) is 5.48. The molecule has 1 heterocycles. The van der Waals surface area contributed by atoms with Crippen molar-refractivity contribution in [2.45, 2.75) is 38.1 Å². The standard InChI is InChI=1S/C16H21F2N3O2/c17-13-5-4-11(9-14(13)18)20-16(23)6-8-21-7-2-1-3-12(21)10-15(19)22/h4-5,9,12H,1-3,6-8,10H2,(H2,19,22)(H,20,23). The SMILES string of the molecule is NC(=O)CC1CCCCN1CCC(=O)Nc1ccc(F)c(F)c1. The smallest absolute Gasteiger partial charge is 0.225 e. The van der Waals surface area contributed by atoms with E-state index in [1.165, 1.54) is 6.07 Å². The van der Waals surface area contributed by atoms with E-state index >= 15 is 0 Å². The third kappa shape index (κ3) is 5.28. The molecule has 0 spiro atoms. The number of nitrogens with two attached hydrogens (primary N) is 1. The van der Waals surface area contributed by atoms with Crippen LogP contribution >= 0.6 is 0 Å². The maximum Gasteiger partial charge on any atom is 0.225 e. The van der Waals surface area contributed by atoms with Gasteiger partial charge in [0.15, 0.2) is 11.6 Å². The molecular formula is C16H21F2N3O2. The quantitative estimate of drug-likeness (QED) is 0.840. The molecule has 1 aromatic carbocycles. The Morgan fingerprint density at radius 1 is 1.26 bits per heavy atom. The number of rotatable bonds is 6. The monoisotopic (exact) mass is 325 g/mol. The zero-order valence-corrected chi connectivity index (χ0v) is 12.9. The van der Waals surface area contributed by atoms with Crippen LogP contribution in [0.2, 0.25) is 0 Å². The van der Waals surface area contributed by atoms with Crippen LogP contribution in [0.5, 0.6) is 0 Å². The van der Waals surface area contributed by atoms with Crippen molar-refractivity contribution in [1.82, 2.24) is 4.90 Å². The number of piperidine rings is 1. The minimum atomic E-state index is -1.000. The van der Waals surface area contributed by atoms with Gasteiger partial charge in [-0.2, -0.15) is 0 Å². The van der Waals surface area contributed by atoms with E-state index in [2.05, 4.69) is 10.2 Å². The molecule has 1 aliphatic heterocycles. The van der Waals surface area contributed by atoms with Gasteiger partial charge >= 0.3 is 0 Å². The van der Waals surface area contributed by atoms with Crippen molar-refractivity contribution in [3.05, 3.63) is 29.8 Å². The van der Waals surface area contributed by atoms with Gasteiger partial charge in [0.1, 0.15) is 0 Å². The minimum Gasteiger partial charge on any atom is -0.370 e. The van der Waals surface area contributed by atoms with Crippen molar-refractivity contribution in [3.63, 3.8) is 0 Å². The summed E-state index contributed by atoms with van der Waals surface area (Å²) >= 11 is 0. The van der Waals surface area contributed by atoms with Crippen LogP contribution in [0.25, 0.3) is 0 Å². The second-order valence-electron chi connectivity index (χ2n) is 5.78. The zero-order valence-electron chi connectivity index (χ0n) is 12.9. The Labute approximate surface area is 133 Å². The van der Waals surface area contributed by atoms with Crippen LogP contribution in [-0.2, 0) is 9.59 Å². The predicted molar refractivity (Wildman–Crippen MR) is 82.6 cm³/mol. The summed E-state index contributed by atoms with van der Waals surface area (Å²) in [5, 5.41) is 2.54. The van der Waals surface area contributed by atoms with Crippen LogP contribution in [-0.4, -0.2) is 35.8 Å². The lowest BCUT2D eigenvalue weighted by molar-refractivity contribution is -0.119. The molecule has 1 fully saturated rings. The summed E-state index contributed by atoms with van der Waals surface area (Å²) in [6.45, 7) is 1.34. The number of anilines is 1. The van der Waals surface area contributed by atoms with Crippen molar-refractivity contribution in [3.8, 4) is 0 Å². The Bertz CT molecular complexity index is 580. The number of primary amides is 1. The average Bonchev–Trinajstić information content (AvgIpc) is 2.49. The van der Waals surface area contributed by atoms with Gasteiger partial charge in [0.05, 0.1) is 0 Å². The summed E-state index contributed by atoms with van der Waals surface area (Å²) in [6.07, 6.45) is 3.49. The van der Waals surface area contributed by atoms with Gasteiger partial charge in [-0.3, -0.25) is 14.5 Å².